The molecule has 16 heavy (non-hydrogen) atoms. The maximum Gasteiger partial charge on any atom is 0.147 e. The Hall–Kier alpha value is -1.23. The van der Waals surface area contributed by atoms with Crippen LogP contribution in [0.2, 0.25) is 0 Å². The van der Waals surface area contributed by atoms with Crippen molar-refractivity contribution in [3.63, 3.8) is 0 Å². The monoisotopic (exact) mass is 224 g/mol. The smallest absolute Gasteiger partial charge is 0.147 e. The highest BCUT2D eigenvalue weighted by Gasteiger charge is 2.15. The largest absolute Gasteiger partial charge is 0.394 e. The molecule has 1 aliphatic heterocycles. The van der Waals surface area contributed by atoms with Crippen LogP contribution in [0.3, 0.4) is 0 Å². The van der Waals surface area contributed by atoms with Crippen molar-refractivity contribution in [2.45, 2.75) is 32.3 Å². The summed E-state index contributed by atoms with van der Waals surface area (Å²) in [6.07, 6.45) is 3.83. The third-order valence-corrected chi connectivity index (χ3v) is 3.05. The summed E-state index contributed by atoms with van der Waals surface area (Å²) in [5.41, 5.74) is 7.54. The van der Waals surface area contributed by atoms with Gasteiger partial charge in [-0.2, -0.15) is 5.10 Å². The predicted molar refractivity (Wildman–Crippen MR) is 64.4 cm³/mol. The number of nitrogen functional groups attached to an aromatic ring is 1. The van der Waals surface area contributed by atoms with Crippen molar-refractivity contribution >= 4 is 11.5 Å². The van der Waals surface area contributed by atoms with Crippen molar-refractivity contribution in [2.75, 3.05) is 24.2 Å². The Morgan fingerprint density at radius 1 is 1.62 bits per heavy atom. The zero-order valence-corrected chi connectivity index (χ0v) is 9.99. The van der Waals surface area contributed by atoms with E-state index in [1.807, 2.05) is 14.0 Å². The molecule has 5 nitrogen and oxygen atoms in total. The maximum absolute atomic E-state index is 5.92. The first-order valence-corrected chi connectivity index (χ1v) is 5.83. The average molecular weight is 224 g/mol. The van der Waals surface area contributed by atoms with Crippen LogP contribution in [0.1, 0.15) is 25.0 Å². The average Bonchev–Trinajstić information content (AvgIpc) is 2.82. The predicted octanol–water partition coefficient (Wildman–Crippen LogP) is 1.29. The van der Waals surface area contributed by atoms with Gasteiger partial charge in [0.1, 0.15) is 5.82 Å². The van der Waals surface area contributed by atoms with Crippen LogP contribution in [0.5, 0.6) is 0 Å². The molecule has 0 radical (unpaired) electrons. The highest BCUT2D eigenvalue weighted by atomic mass is 16.5. The van der Waals surface area contributed by atoms with E-state index < -0.39 is 0 Å². The molecule has 1 fully saturated rings. The van der Waals surface area contributed by atoms with E-state index in [0.29, 0.717) is 6.10 Å². The lowest BCUT2D eigenvalue weighted by atomic mass is 10.2. The fourth-order valence-electron chi connectivity index (χ4n) is 2.11. The lowest BCUT2D eigenvalue weighted by molar-refractivity contribution is 0.107. The van der Waals surface area contributed by atoms with Crippen LogP contribution in [0.4, 0.5) is 11.5 Å². The van der Waals surface area contributed by atoms with E-state index in [4.69, 9.17) is 10.5 Å². The number of aryl methyl sites for hydroxylation is 2. The third kappa shape index (κ3) is 2.29. The summed E-state index contributed by atoms with van der Waals surface area (Å²) in [7, 11) is 1.90. The number of nitrogens with zero attached hydrogens (tertiary/aromatic N) is 2. The van der Waals surface area contributed by atoms with Crippen molar-refractivity contribution in [1.29, 1.82) is 0 Å². The van der Waals surface area contributed by atoms with Gasteiger partial charge in [-0.1, -0.05) is 0 Å². The number of anilines is 2. The summed E-state index contributed by atoms with van der Waals surface area (Å²) in [6, 6.07) is 0. The molecule has 90 valence electrons. The molecule has 2 rings (SSSR count). The van der Waals surface area contributed by atoms with Crippen LogP contribution in [-0.4, -0.2) is 29.0 Å². The van der Waals surface area contributed by atoms with Gasteiger partial charge in [0, 0.05) is 20.2 Å². The number of nitrogens with one attached hydrogen (secondary N) is 1. The molecule has 0 bridgehead atoms. The molecule has 0 aromatic carbocycles. The minimum Gasteiger partial charge on any atom is -0.394 e. The second-order valence-electron chi connectivity index (χ2n) is 4.32. The number of hydrogen-bond acceptors (Lipinski definition) is 4. The third-order valence-electron chi connectivity index (χ3n) is 3.05. The lowest BCUT2D eigenvalue weighted by Crippen LogP contribution is -2.14. The molecule has 0 saturated carbocycles. The van der Waals surface area contributed by atoms with Crippen LogP contribution in [-0.2, 0) is 11.8 Å². The van der Waals surface area contributed by atoms with E-state index in [1.54, 1.807) is 4.68 Å². The lowest BCUT2D eigenvalue weighted by Gasteiger charge is -2.11. The van der Waals surface area contributed by atoms with E-state index >= 15 is 0 Å². The van der Waals surface area contributed by atoms with Gasteiger partial charge in [0.05, 0.1) is 17.5 Å². The molecule has 1 aromatic heterocycles. The van der Waals surface area contributed by atoms with Crippen LogP contribution in [0.15, 0.2) is 0 Å². The van der Waals surface area contributed by atoms with E-state index in [1.165, 1.54) is 12.8 Å². The van der Waals surface area contributed by atoms with Gasteiger partial charge >= 0.3 is 0 Å². The zero-order chi connectivity index (χ0) is 11.5. The highest BCUT2D eigenvalue weighted by Crippen LogP contribution is 2.21. The maximum atomic E-state index is 5.92. The van der Waals surface area contributed by atoms with Gasteiger partial charge in [0.15, 0.2) is 0 Å². The summed E-state index contributed by atoms with van der Waals surface area (Å²) in [6.45, 7) is 3.71. The Kier molecular flexibility index (Phi) is 3.33. The SMILES string of the molecule is Cc1nn(C)c(NCCC2CCCO2)c1N. The molecule has 1 saturated heterocycles. The number of hydrogen-bond donors (Lipinski definition) is 2. The molecule has 0 amide bonds. The highest BCUT2D eigenvalue weighted by molar-refractivity contribution is 5.64. The summed E-state index contributed by atoms with van der Waals surface area (Å²) in [4.78, 5) is 0. The minimum absolute atomic E-state index is 0.419. The molecule has 1 unspecified atom stereocenters. The normalized spacial score (nSPS) is 20.2. The first-order chi connectivity index (χ1) is 7.68. The molecule has 1 atom stereocenters. The Labute approximate surface area is 96.0 Å². The quantitative estimate of drug-likeness (QED) is 0.809. The van der Waals surface area contributed by atoms with E-state index in [0.717, 1.165) is 36.8 Å². The van der Waals surface area contributed by atoms with Crippen molar-refractivity contribution in [1.82, 2.24) is 9.78 Å². The Bertz CT molecular complexity index is 355. The number of aromatic nitrogens is 2. The second-order valence-corrected chi connectivity index (χ2v) is 4.32. The Morgan fingerprint density at radius 3 is 3.00 bits per heavy atom. The molecule has 2 heterocycles. The summed E-state index contributed by atoms with van der Waals surface area (Å²) < 4.78 is 7.35. The van der Waals surface area contributed by atoms with Gasteiger partial charge in [0.2, 0.25) is 0 Å². The van der Waals surface area contributed by atoms with Gasteiger partial charge in [-0.15, -0.1) is 0 Å². The van der Waals surface area contributed by atoms with E-state index in [2.05, 4.69) is 10.4 Å². The minimum atomic E-state index is 0.419. The number of rotatable bonds is 4. The number of nitrogens with two attached hydrogens (primary N) is 1. The Morgan fingerprint density at radius 2 is 2.44 bits per heavy atom. The van der Waals surface area contributed by atoms with Crippen molar-refractivity contribution < 1.29 is 4.74 Å². The summed E-state index contributed by atoms with van der Waals surface area (Å²) >= 11 is 0. The standard InChI is InChI=1S/C11H20N4O/c1-8-10(12)11(15(2)14-8)13-6-5-9-4-3-7-16-9/h9,13H,3-7,12H2,1-2H3. The topological polar surface area (TPSA) is 65.1 Å². The van der Waals surface area contributed by atoms with E-state index in [-0.39, 0.29) is 0 Å². The fraction of sp³-hybridized carbons (Fsp3) is 0.727. The van der Waals surface area contributed by atoms with Crippen LogP contribution < -0.4 is 11.1 Å². The molecule has 1 aliphatic rings. The first kappa shape index (κ1) is 11.3. The molecule has 0 spiro atoms. The first-order valence-electron chi connectivity index (χ1n) is 5.83. The molecule has 0 aliphatic carbocycles. The second kappa shape index (κ2) is 4.74. The Balaban J connectivity index is 1.84. The van der Waals surface area contributed by atoms with Crippen LogP contribution in [0, 0.1) is 6.92 Å². The van der Waals surface area contributed by atoms with Gasteiger partial charge in [-0.05, 0) is 26.2 Å². The molecule has 5 heteroatoms. The number of ether oxygens (including phenoxy) is 1. The zero-order valence-electron chi connectivity index (χ0n) is 9.99. The van der Waals surface area contributed by atoms with Gasteiger partial charge in [0.25, 0.3) is 0 Å². The van der Waals surface area contributed by atoms with E-state index in [9.17, 15) is 0 Å². The molecule has 3 N–H and O–H groups in total. The molecule has 1 aromatic rings. The summed E-state index contributed by atoms with van der Waals surface area (Å²) in [5, 5.41) is 7.58. The van der Waals surface area contributed by atoms with Crippen molar-refractivity contribution in [2.24, 2.45) is 7.05 Å². The van der Waals surface area contributed by atoms with Crippen LogP contribution >= 0.6 is 0 Å². The van der Waals surface area contributed by atoms with Gasteiger partial charge < -0.3 is 15.8 Å². The van der Waals surface area contributed by atoms with Crippen LogP contribution in [0.25, 0.3) is 0 Å². The van der Waals surface area contributed by atoms with Crippen molar-refractivity contribution in [3.05, 3.63) is 5.69 Å². The summed E-state index contributed by atoms with van der Waals surface area (Å²) in [5.74, 6) is 0.912. The molecular formula is C11H20N4O. The fourth-order valence-corrected chi connectivity index (χ4v) is 2.11. The van der Waals surface area contributed by atoms with Crippen molar-refractivity contribution in [3.8, 4) is 0 Å². The molecular weight excluding hydrogens is 204 g/mol. The van der Waals surface area contributed by atoms with Gasteiger partial charge in [-0.3, -0.25) is 4.68 Å². The van der Waals surface area contributed by atoms with Gasteiger partial charge in [-0.25, -0.2) is 0 Å².